The highest BCUT2D eigenvalue weighted by atomic mass is 16.5. The lowest BCUT2D eigenvalue weighted by molar-refractivity contribution is 0.156. The molecular formula is C22H31N5O. The molecule has 6 nitrogen and oxygen atoms in total. The second-order valence-electron chi connectivity index (χ2n) is 7.92. The quantitative estimate of drug-likeness (QED) is 0.617. The Morgan fingerprint density at radius 1 is 1.29 bits per heavy atom. The van der Waals surface area contributed by atoms with Gasteiger partial charge in [-0.1, -0.05) is 30.3 Å². The molecule has 150 valence electrons. The van der Waals surface area contributed by atoms with Crippen molar-refractivity contribution in [2.24, 2.45) is 10.4 Å². The van der Waals surface area contributed by atoms with Crippen molar-refractivity contribution in [3.8, 4) is 0 Å². The third kappa shape index (κ3) is 4.38. The van der Waals surface area contributed by atoms with Gasteiger partial charge in [0.2, 0.25) is 0 Å². The first-order valence-corrected chi connectivity index (χ1v) is 10.4. The molecule has 0 saturated carbocycles. The van der Waals surface area contributed by atoms with E-state index in [2.05, 4.69) is 63.2 Å². The molecule has 1 unspecified atom stereocenters. The second kappa shape index (κ2) is 8.78. The van der Waals surface area contributed by atoms with Crippen LogP contribution in [0.15, 0.2) is 47.7 Å². The van der Waals surface area contributed by atoms with E-state index in [9.17, 15) is 0 Å². The summed E-state index contributed by atoms with van der Waals surface area (Å²) < 4.78 is 7.89. The van der Waals surface area contributed by atoms with Crippen LogP contribution in [0.3, 0.4) is 0 Å². The smallest absolute Gasteiger partial charge is 0.193 e. The van der Waals surface area contributed by atoms with Crippen molar-refractivity contribution in [3.63, 3.8) is 0 Å². The van der Waals surface area contributed by atoms with Gasteiger partial charge < -0.3 is 19.5 Å². The first-order chi connectivity index (χ1) is 13.8. The lowest BCUT2D eigenvalue weighted by Gasteiger charge is -2.25. The molecule has 2 aliphatic heterocycles. The van der Waals surface area contributed by atoms with Crippen molar-refractivity contribution in [3.05, 3.63) is 54.1 Å². The molecule has 3 heterocycles. The number of ether oxygens (including phenoxy) is 1. The minimum Gasteiger partial charge on any atom is -0.381 e. The molecule has 0 aliphatic carbocycles. The van der Waals surface area contributed by atoms with Crippen molar-refractivity contribution in [1.29, 1.82) is 0 Å². The van der Waals surface area contributed by atoms with Crippen LogP contribution in [0.5, 0.6) is 0 Å². The minimum atomic E-state index is 0.349. The zero-order chi connectivity index (χ0) is 19.2. The lowest BCUT2D eigenvalue weighted by Crippen LogP contribution is -2.41. The number of nitrogens with zero attached hydrogens (tertiary/aromatic N) is 4. The van der Waals surface area contributed by atoms with Crippen molar-refractivity contribution >= 4 is 5.96 Å². The normalized spacial score (nSPS) is 22.3. The zero-order valence-corrected chi connectivity index (χ0v) is 16.8. The molecule has 0 bridgehead atoms. The number of benzene rings is 1. The highest BCUT2D eigenvalue weighted by molar-refractivity contribution is 5.80. The number of guanidine groups is 1. The summed E-state index contributed by atoms with van der Waals surface area (Å²) in [5.41, 5.74) is 1.64. The topological polar surface area (TPSA) is 54.7 Å². The summed E-state index contributed by atoms with van der Waals surface area (Å²) in [7, 11) is 0. The monoisotopic (exact) mass is 381 g/mol. The Labute approximate surface area is 167 Å². The molecule has 28 heavy (non-hydrogen) atoms. The minimum absolute atomic E-state index is 0.349. The van der Waals surface area contributed by atoms with Gasteiger partial charge in [0.25, 0.3) is 0 Å². The number of hydrogen-bond donors (Lipinski definition) is 1. The molecule has 4 rings (SSSR count). The first kappa shape index (κ1) is 19.0. The third-order valence-electron chi connectivity index (χ3n) is 5.85. The van der Waals surface area contributed by atoms with Gasteiger partial charge in [-0.15, -0.1) is 0 Å². The van der Waals surface area contributed by atoms with Gasteiger partial charge in [0.1, 0.15) is 5.82 Å². The van der Waals surface area contributed by atoms with Gasteiger partial charge in [-0.3, -0.25) is 4.99 Å². The molecular weight excluding hydrogens is 350 g/mol. The molecule has 6 heteroatoms. The number of aliphatic imine (C=N–C) groups is 1. The van der Waals surface area contributed by atoms with Crippen LogP contribution >= 0.6 is 0 Å². The molecule has 2 saturated heterocycles. The fraction of sp³-hybridized carbons (Fsp3) is 0.545. The molecule has 2 aromatic rings. The summed E-state index contributed by atoms with van der Waals surface area (Å²) in [6.45, 7) is 8.56. The van der Waals surface area contributed by atoms with Crippen LogP contribution in [-0.4, -0.2) is 59.8 Å². The summed E-state index contributed by atoms with van der Waals surface area (Å²) >= 11 is 0. The number of nitrogens with one attached hydrogen (secondary N) is 1. The van der Waals surface area contributed by atoms with Crippen molar-refractivity contribution in [2.75, 3.05) is 39.4 Å². The van der Waals surface area contributed by atoms with Gasteiger partial charge in [-0.2, -0.15) is 0 Å². The van der Waals surface area contributed by atoms with Gasteiger partial charge in [-0.05, 0) is 25.3 Å². The SMILES string of the molecule is CCNC(=NCCc1nccn1Cc1ccccc1)N1CCC2(CCOC2)C1. The van der Waals surface area contributed by atoms with E-state index < -0.39 is 0 Å². The summed E-state index contributed by atoms with van der Waals surface area (Å²) in [4.78, 5) is 11.9. The van der Waals surface area contributed by atoms with Crippen LogP contribution in [0.1, 0.15) is 31.2 Å². The van der Waals surface area contributed by atoms with E-state index in [-0.39, 0.29) is 0 Å². The zero-order valence-electron chi connectivity index (χ0n) is 16.8. The van der Waals surface area contributed by atoms with Gasteiger partial charge >= 0.3 is 0 Å². The van der Waals surface area contributed by atoms with Crippen LogP contribution in [0.4, 0.5) is 0 Å². The van der Waals surface area contributed by atoms with Crippen LogP contribution in [0.25, 0.3) is 0 Å². The van der Waals surface area contributed by atoms with Gasteiger partial charge in [0, 0.05) is 63.6 Å². The average molecular weight is 382 g/mol. The number of aromatic nitrogens is 2. The number of hydrogen-bond acceptors (Lipinski definition) is 3. The lowest BCUT2D eigenvalue weighted by atomic mass is 9.87. The Kier molecular flexibility index (Phi) is 5.95. The fourth-order valence-electron chi connectivity index (χ4n) is 4.27. The van der Waals surface area contributed by atoms with E-state index in [4.69, 9.17) is 9.73 Å². The highest BCUT2D eigenvalue weighted by Gasteiger charge is 2.42. The molecule has 0 radical (unpaired) electrons. The highest BCUT2D eigenvalue weighted by Crippen LogP contribution is 2.38. The van der Waals surface area contributed by atoms with Crippen molar-refractivity contribution in [1.82, 2.24) is 19.8 Å². The van der Waals surface area contributed by atoms with Crippen LogP contribution in [-0.2, 0) is 17.7 Å². The van der Waals surface area contributed by atoms with Crippen molar-refractivity contribution in [2.45, 2.75) is 32.7 Å². The maximum atomic E-state index is 5.66. The molecule has 1 spiro atoms. The molecule has 1 N–H and O–H groups in total. The Bertz CT molecular complexity index is 779. The predicted octanol–water partition coefficient (Wildman–Crippen LogP) is 2.55. The van der Waals surface area contributed by atoms with E-state index >= 15 is 0 Å². The van der Waals surface area contributed by atoms with Gasteiger partial charge in [-0.25, -0.2) is 4.98 Å². The van der Waals surface area contributed by atoms with Crippen molar-refractivity contribution < 1.29 is 4.74 Å². The van der Waals surface area contributed by atoms with E-state index in [0.717, 1.165) is 64.1 Å². The Hall–Kier alpha value is -2.34. The standard InChI is InChI=1S/C22H31N5O/c1-2-23-21(27-13-9-22(17-27)10-15-28-18-22)25-11-8-20-24-12-14-26(20)16-19-6-4-3-5-7-19/h3-7,12,14H,2,8-11,13,15-18H2,1H3,(H,23,25). The van der Waals surface area contributed by atoms with Gasteiger partial charge in [0.05, 0.1) is 6.61 Å². The predicted molar refractivity (Wildman–Crippen MR) is 112 cm³/mol. The van der Waals surface area contributed by atoms with E-state index in [1.54, 1.807) is 0 Å². The maximum absolute atomic E-state index is 5.66. The fourth-order valence-corrected chi connectivity index (χ4v) is 4.27. The Morgan fingerprint density at radius 3 is 2.96 bits per heavy atom. The Morgan fingerprint density at radius 2 is 2.18 bits per heavy atom. The third-order valence-corrected chi connectivity index (χ3v) is 5.85. The summed E-state index contributed by atoms with van der Waals surface area (Å²) in [6.07, 6.45) is 7.18. The molecule has 0 amide bonds. The van der Waals surface area contributed by atoms with E-state index in [1.165, 1.54) is 18.4 Å². The van der Waals surface area contributed by atoms with E-state index in [1.807, 2.05) is 6.20 Å². The van der Waals surface area contributed by atoms with E-state index in [0.29, 0.717) is 5.41 Å². The summed E-state index contributed by atoms with van der Waals surface area (Å²) in [5, 5.41) is 3.47. The number of likely N-dealkylation sites (tertiary alicyclic amines) is 1. The largest absolute Gasteiger partial charge is 0.381 e. The average Bonchev–Trinajstić information content (AvgIpc) is 3.45. The van der Waals surface area contributed by atoms with Crippen LogP contribution in [0.2, 0.25) is 0 Å². The first-order valence-electron chi connectivity index (χ1n) is 10.4. The summed E-state index contributed by atoms with van der Waals surface area (Å²) in [5.74, 6) is 2.12. The van der Waals surface area contributed by atoms with Gasteiger partial charge in [0.15, 0.2) is 5.96 Å². The van der Waals surface area contributed by atoms with Crippen LogP contribution in [0, 0.1) is 5.41 Å². The Balaban J connectivity index is 1.37. The molecule has 1 aromatic carbocycles. The number of imidazole rings is 1. The number of rotatable bonds is 6. The molecule has 2 fully saturated rings. The maximum Gasteiger partial charge on any atom is 0.193 e. The molecule has 2 aliphatic rings. The van der Waals surface area contributed by atoms with Crippen LogP contribution < -0.4 is 5.32 Å². The molecule has 1 atom stereocenters. The second-order valence-corrected chi connectivity index (χ2v) is 7.92. The summed E-state index contributed by atoms with van der Waals surface area (Å²) in [6, 6.07) is 10.5. The molecule has 1 aromatic heterocycles.